The molecular weight excluding hydrogens is 455 g/mol. The van der Waals surface area contributed by atoms with Crippen LogP contribution in [0.3, 0.4) is 0 Å². The first-order chi connectivity index (χ1) is 14.9. The molecule has 0 bridgehead atoms. The second-order valence-electron chi connectivity index (χ2n) is 6.86. The summed E-state index contributed by atoms with van der Waals surface area (Å²) in [7, 11) is -2.90. The van der Waals surface area contributed by atoms with Crippen LogP contribution in [0.25, 0.3) is 0 Å². The van der Waals surface area contributed by atoms with E-state index in [2.05, 4.69) is 0 Å². The summed E-state index contributed by atoms with van der Waals surface area (Å²) < 4.78 is 70.5. The predicted octanol–water partition coefficient (Wildman–Crippen LogP) is 2.77. The molecule has 0 aliphatic carbocycles. The number of alkyl halides is 3. The SMILES string of the molecule is COc1ccc([N+](=O)[O-])cc1C(=O)N1CCN(S(=O)(=O)c2cccc(C(F)(F)F)c2)CC1. The number of amides is 1. The molecule has 0 radical (unpaired) electrons. The number of methoxy groups -OCH3 is 1. The van der Waals surface area contributed by atoms with Crippen LogP contribution in [-0.2, 0) is 16.2 Å². The first kappa shape index (κ1) is 23.5. The number of carbonyl (C=O) groups excluding carboxylic acids is 1. The Balaban J connectivity index is 1.77. The minimum Gasteiger partial charge on any atom is -0.496 e. The second kappa shape index (κ2) is 8.74. The highest BCUT2D eigenvalue weighted by atomic mass is 32.2. The highest BCUT2D eigenvalue weighted by Crippen LogP contribution is 2.31. The summed E-state index contributed by atoms with van der Waals surface area (Å²) in [6.45, 7) is -0.408. The van der Waals surface area contributed by atoms with E-state index in [0.29, 0.717) is 6.07 Å². The van der Waals surface area contributed by atoms with Gasteiger partial charge in [-0.25, -0.2) is 8.42 Å². The Morgan fingerprint density at radius 1 is 1.09 bits per heavy atom. The monoisotopic (exact) mass is 473 g/mol. The van der Waals surface area contributed by atoms with E-state index in [-0.39, 0.29) is 43.2 Å². The first-order valence-electron chi connectivity index (χ1n) is 9.24. The number of sulfonamides is 1. The van der Waals surface area contributed by atoms with Gasteiger partial charge in [0.15, 0.2) is 0 Å². The third-order valence-corrected chi connectivity index (χ3v) is 6.84. The van der Waals surface area contributed by atoms with Gasteiger partial charge in [-0.05, 0) is 24.3 Å². The van der Waals surface area contributed by atoms with Crippen molar-refractivity contribution in [1.82, 2.24) is 9.21 Å². The van der Waals surface area contributed by atoms with Crippen molar-refractivity contribution in [2.24, 2.45) is 0 Å². The molecule has 2 aromatic rings. The summed E-state index contributed by atoms with van der Waals surface area (Å²) in [6.07, 6.45) is -4.69. The van der Waals surface area contributed by atoms with Gasteiger partial charge in [0.05, 0.1) is 28.1 Å². The predicted molar refractivity (Wildman–Crippen MR) is 106 cm³/mol. The van der Waals surface area contributed by atoms with Crippen molar-refractivity contribution < 1.29 is 36.0 Å². The van der Waals surface area contributed by atoms with Crippen LogP contribution in [0.5, 0.6) is 5.75 Å². The number of non-ortho nitro benzene ring substituents is 1. The number of ether oxygens (including phenoxy) is 1. The quantitative estimate of drug-likeness (QED) is 0.488. The number of nitro groups is 1. The molecular formula is C19H18F3N3O6S. The Morgan fingerprint density at radius 2 is 1.75 bits per heavy atom. The topological polar surface area (TPSA) is 110 Å². The zero-order valence-corrected chi connectivity index (χ0v) is 17.5. The largest absolute Gasteiger partial charge is 0.496 e. The average Bonchev–Trinajstić information content (AvgIpc) is 2.77. The maximum Gasteiger partial charge on any atom is 0.416 e. The number of benzene rings is 2. The molecule has 1 aliphatic rings. The molecule has 2 aromatic carbocycles. The van der Waals surface area contributed by atoms with Crippen LogP contribution in [0, 0.1) is 10.1 Å². The lowest BCUT2D eigenvalue weighted by atomic mass is 10.1. The number of piperazine rings is 1. The first-order valence-corrected chi connectivity index (χ1v) is 10.7. The van der Waals surface area contributed by atoms with Crippen LogP contribution in [-0.4, -0.2) is 61.7 Å². The molecule has 172 valence electrons. The standard InChI is InChI=1S/C19H18F3N3O6S/c1-31-17-6-5-14(25(27)28)12-16(17)18(26)23-7-9-24(10-8-23)32(29,30)15-4-2-3-13(11-15)19(20,21)22/h2-6,11-12H,7-10H2,1H3. The number of rotatable bonds is 5. The highest BCUT2D eigenvalue weighted by Gasteiger charge is 2.35. The molecule has 1 aliphatic heterocycles. The summed E-state index contributed by atoms with van der Waals surface area (Å²) in [5.74, 6) is -0.457. The molecule has 0 unspecified atom stereocenters. The van der Waals surface area contributed by atoms with E-state index in [1.54, 1.807) is 0 Å². The van der Waals surface area contributed by atoms with Gasteiger partial charge in [0, 0.05) is 38.3 Å². The van der Waals surface area contributed by atoms with E-state index >= 15 is 0 Å². The summed E-state index contributed by atoms with van der Waals surface area (Å²) in [5, 5.41) is 11.0. The highest BCUT2D eigenvalue weighted by molar-refractivity contribution is 7.89. The van der Waals surface area contributed by atoms with Crippen LogP contribution in [0.15, 0.2) is 47.4 Å². The third kappa shape index (κ3) is 4.67. The van der Waals surface area contributed by atoms with Crippen molar-refractivity contribution in [3.63, 3.8) is 0 Å². The van der Waals surface area contributed by atoms with Crippen molar-refractivity contribution >= 4 is 21.6 Å². The van der Waals surface area contributed by atoms with E-state index < -0.39 is 37.5 Å². The lowest BCUT2D eigenvalue weighted by Gasteiger charge is -2.34. The Morgan fingerprint density at radius 3 is 2.31 bits per heavy atom. The normalized spacial score (nSPS) is 15.4. The van der Waals surface area contributed by atoms with Gasteiger partial charge in [-0.1, -0.05) is 6.07 Å². The zero-order chi connectivity index (χ0) is 23.7. The van der Waals surface area contributed by atoms with Gasteiger partial charge in [-0.3, -0.25) is 14.9 Å². The lowest BCUT2D eigenvalue weighted by molar-refractivity contribution is -0.384. The molecule has 0 saturated carbocycles. The van der Waals surface area contributed by atoms with Crippen molar-refractivity contribution in [2.45, 2.75) is 11.1 Å². The van der Waals surface area contributed by atoms with E-state index in [4.69, 9.17) is 4.74 Å². The minimum absolute atomic E-state index is 0.0455. The summed E-state index contributed by atoms with van der Waals surface area (Å²) in [5.41, 5.74) is -1.43. The fourth-order valence-electron chi connectivity index (χ4n) is 3.26. The molecule has 13 heteroatoms. The number of hydrogen-bond acceptors (Lipinski definition) is 6. The van der Waals surface area contributed by atoms with Gasteiger partial charge in [0.25, 0.3) is 11.6 Å². The smallest absolute Gasteiger partial charge is 0.416 e. The average molecular weight is 473 g/mol. The molecule has 3 rings (SSSR count). The Labute approximate surface area is 181 Å². The van der Waals surface area contributed by atoms with Gasteiger partial charge < -0.3 is 9.64 Å². The fourth-order valence-corrected chi connectivity index (χ4v) is 4.73. The molecule has 9 nitrogen and oxygen atoms in total. The molecule has 1 saturated heterocycles. The summed E-state index contributed by atoms with van der Waals surface area (Å²) >= 11 is 0. The fraction of sp³-hybridized carbons (Fsp3) is 0.316. The molecule has 32 heavy (non-hydrogen) atoms. The molecule has 1 fully saturated rings. The van der Waals surface area contributed by atoms with Gasteiger partial charge in [0.1, 0.15) is 5.75 Å². The molecule has 0 spiro atoms. The van der Waals surface area contributed by atoms with Gasteiger partial charge in [0.2, 0.25) is 10.0 Å². The third-order valence-electron chi connectivity index (χ3n) is 4.95. The van der Waals surface area contributed by atoms with Crippen molar-refractivity contribution in [3.05, 3.63) is 63.7 Å². The van der Waals surface area contributed by atoms with Gasteiger partial charge in [-0.2, -0.15) is 17.5 Å². The zero-order valence-electron chi connectivity index (χ0n) is 16.7. The summed E-state index contributed by atoms with van der Waals surface area (Å²) in [4.78, 5) is 24.0. The van der Waals surface area contributed by atoms with Crippen LogP contribution in [0.1, 0.15) is 15.9 Å². The number of hydrogen-bond donors (Lipinski definition) is 0. The van der Waals surface area contributed by atoms with E-state index in [0.717, 1.165) is 28.6 Å². The molecule has 1 heterocycles. The Hall–Kier alpha value is -3.19. The van der Waals surface area contributed by atoms with Crippen LogP contribution in [0.2, 0.25) is 0 Å². The van der Waals surface area contributed by atoms with Crippen LogP contribution < -0.4 is 4.74 Å². The van der Waals surface area contributed by atoms with Gasteiger partial charge >= 0.3 is 6.18 Å². The van der Waals surface area contributed by atoms with Crippen molar-refractivity contribution in [1.29, 1.82) is 0 Å². The molecule has 1 amide bonds. The number of nitrogens with zero attached hydrogens (tertiary/aromatic N) is 3. The van der Waals surface area contributed by atoms with E-state index in [9.17, 15) is 36.5 Å². The Bertz CT molecular complexity index is 1150. The lowest BCUT2D eigenvalue weighted by Crippen LogP contribution is -2.50. The second-order valence-corrected chi connectivity index (χ2v) is 8.80. The number of halogens is 3. The van der Waals surface area contributed by atoms with E-state index in [1.807, 2.05) is 0 Å². The molecule has 0 N–H and O–H groups in total. The molecule has 0 atom stereocenters. The Kier molecular flexibility index (Phi) is 6.41. The van der Waals surface area contributed by atoms with Crippen LogP contribution in [0.4, 0.5) is 18.9 Å². The van der Waals surface area contributed by atoms with Gasteiger partial charge in [-0.15, -0.1) is 0 Å². The maximum atomic E-state index is 12.9. The van der Waals surface area contributed by atoms with Crippen LogP contribution >= 0.6 is 0 Å². The molecule has 0 aromatic heterocycles. The van der Waals surface area contributed by atoms with Crippen molar-refractivity contribution in [2.75, 3.05) is 33.3 Å². The number of carbonyl (C=O) groups is 1. The van der Waals surface area contributed by atoms with Crippen molar-refractivity contribution in [3.8, 4) is 5.75 Å². The minimum atomic E-state index is -4.69. The maximum absolute atomic E-state index is 12.9. The number of nitro benzene ring substituents is 1. The van der Waals surface area contributed by atoms with E-state index in [1.165, 1.54) is 24.1 Å². The summed E-state index contributed by atoms with van der Waals surface area (Å²) in [6, 6.07) is 7.00.